The van der Waals surface area contributed by atoms with Gasteiger partial charge in [0.15, 0.2) is 0 Å². The lowest BCUT2D eigenvalue weighted by atomic mass is 9.98. The summed E-state index contributed by atoms with van der Waals surface area (Å²) in [5.41, 5.74) is 9.81. The zero-order valence-corrected chi connectivity index (χ0v) is 29.7. The van der Waals surface area contributed by atoms with Gasteiger partial charge in [-0.2, -0.15) is 0 Å². The molecule has 0 aromatic heterocycles. The van der Waals surface area contributed by atoms with Crippen molar-refractivity contribution in [1.29, 1.82) is 0 Å². The molecule has 2 rings (SSSR count). The second kappa shape index (κ2) is 17.4. The number of primary amides is 1. The zero-order valence-electron chi connectivity index (χ0n) is 28.8. The first-order valence-electron chi connectivity index (χ1n) is 15.5. The molecular formula is C30H54N6O9S. The molecule has 0 radical (unpaired) electrons. The van der Waals surface area contributed by atoms with E-state index in [9.17, 15) is 24.0 Å². The normalized spacial score (nSPS) is 21.7. The van der Waals surface area contributed by atoms with E-state index in [-0.39, 0.29) is 48.4 Å². The van der Waals surface area contributed by atoms with E-state index >= 15 is 0 Å². The highest BCUT2D eigenvalue weighted by Gasteiger charge is 2.38. The Kier molecular flexibility index (Phi) is 15.3. The third kappa shape index (κ3) is 15.1. The molecule has 0 bridgehead atoms. The average Bonchev–Trinajstić information content (AvgIpc) is 2.85. The molecule has 6 N–H and O–H groups in total. The Balaban J connectivity index is 0.000000460. The van der Waals surface area contributed by atoms with Gasteiger partial charge in [-0.05, 0) is 94.9 Å². The van der Waals surface area contributed by atoms with Crippen LogP contribution in [-0.4, -0.2) is 106 Å². The van der Waals surface area contributed by atoms with Crippen LogP contribution in [0.2, 0.25) is 0 Å². The Labute approximate surface area is 277 Å². The summed E-state index contributed by atoms with van der Waals surface area (Å²) in [5.74, 6) is -0.584. The topological polar surface area (TPSA) is 205 Å². The highest BCUT2D eigenvalue weighted by molar-refractivity contribution is 7.80. The molecule has 264 valence electrons. The van der Waals surface area contributed by atoms with Gasteiger partial charge in [-0.15, -0.1) is 0 Å². The van der Waals surface area contributed by atoms with Gasteiger partial charge in [0.1, 0.15) is 17.2 Å². The van der Waals surface area contributed by atoms with Crippen LogP contribution >= 0.6 is 12.2 Å². The Morgan fingerprint density at radius 1 is 0.674 bits per heavy atom. The van der Waals surface area contributed by atoms with Crippen LogP contribution in [-0.2, 0) is 23.7 Å². The summed E-state index contributed by atoms with van der Waals surface area (Å²) in [5, 5.41) is 5.46. The lowest BCUT2D eigenvalue weighted by Gasteiger charge is -2.39. The van der Waals surface area contributed by atoms with Gasteiger partial charge in [-0.3, -0.25) is 14.6 Å². The first-order valence-corrected chi connectivity index (χ1v) is 15.9. The minimum Gasteiger partial charge on any atom is -0.447 e. The van der Waals surface area contributed by atoms with E-state index in [0.717, 1.165) is 0 Å². The fraction of sp³-hybridized carbons (Fsp3) is 0.800. The number of amides is 5. The van der Waals surface area contributed by atoms with Crippen LogP contribution in [0.4, 0.5) is 19.2 Å². The average molecular weight is 675 g/mol. The summed E-state index contributed by atoms with van der Waals surface area (Å²) in [4.78, 5) is 62.7. The summed E-state index contributed by atoms with van der Waals surface area (Å²) in [6.45, 7) is 18.1. The van der Waals surface area contributed by atoms with Gasteiger partial charge in [0.25, 0.3) is 0 Å². The maximum atomic E-state index is 12.4. The molecule has 2 unspecified atom stereocenters. The Morgan fingerprint density at radius 2 is 1.02 bits per heavy atom. The molecule has 15 nitrogen and oxygen atoms in total. The van der Waals surface area contributed by atoms with Crippen molar-refractivity contribution in [3.8, 4) is 0 Å². The number of hydrogen-bond acceptors (Lipinski definition) is 10. The van der Waals surface area contributed by atoms with Crippen molar-refractivity contribution in [2.75, 3.05) is 13.1 Å². The first kappa shape index (κ1) is 40.5. The van der Waals surface area contributed by atoms with Gasteiger partial charge >= 0.3 is 24.4 Å². The molecular weight excluding hydrogens is 620 g/mol. The number of ether oxygens (including phenoxy) is 4. The van der Waals surface area contributed by atoms with Crippen molar-refractivity contribution in [3.63, 3.8) is 0 Å². The molecule has 16 heteroatoms. The van der Waals surface area contributed by atoms with Gasteiger partial charge in [0.2, 0.25) is 5.91 Å². The van der Waals surface area contributed by atoms with Crippen LogP contribution in [0.25, 0.3) is 0 Å². The van der Waals surface area contributed by atoms with Crippen molar-refractivity contribution in [2.24, 2.45) is 11.5 Å². The molecule has 2 aliphatic rings. The zero-order chi connectivity index (χ0) is 35.6. The van der Waals surface area contributed by atoms with Crippen molar-refractivity contribution in [3.05, 3.63) is 0 Å². The fourth-order valence-corrected chi connectivity index (χ4v) is 4.89. The number of thiocarbonyl (C=S) groups is 1. The van der Waals surface area contributed by atoms with Crippen LogP contribution in [0.3, 0.4) is 0 Å². The smallest absolute Gasteiger partial charge is 0.411 e. The third-order valence-electron chi connectivity index (χ3n) is 6.41. The largest absolute Gasteiger partial charge is 0.447 e. The minimum atomic E-state index is -0.732. The SMILES string of the molecule is CC(C)OC(=O)NC1CCC(C(N)=O)N(C(=O)OC(C)(C)C)C1.CC(C)OC(=O)N[C@@H]1CC[C@@H](C(N)=S)N(C(=O)OC(C)(C)C)C1. The summed E-state index contributed by atoms with van der Waals surface area (Å²) in [6.07, 6.45) is -0.473. The quantitative estimate of drug-likeness (QED) is 0.237. The summed E-state index contributed by atoms with van der Waals surface area (Å²) in [7, 11) is 0. The number of likely N-dealkylation sites (tertiary alicyclic amines) is 2. The molecule has 0 aliphatic carbocycles. The second-order valence-corrected chi connectivity index (χ2v) is 14.3. The van der Waals surface area contributed by atoms with Crippen LogP contribution in [0.1, 0.15) is 94.9 Å². The van der Waals surface area contributed by atoms with E-state index in [2.05, 4.69) is 10.6 Å². The molecule has 46 heavy (non-hydrogen) atoms. The highest BCUT2D eigenvalue weighted by atomic mass is 32.1. The van der Waals surface area contributed by atoms with E-state index in [1.807, 2.05) is 0 Å². The lowest BCUT2D eigenvalue weighted by Crippen LogP contribution is -2.58. The molecule has 2 saturated heterocycles. The highest BCUT2D eigenvalue weighted by Crippen LogP contribution is 2.22. The Morgan fingerprint density at radius 3 is 1.33 bits per heavy atom. The number of carbonyl (C=O) groups excluding carboxylic acids is 5. The standard InChI is InChI=1S/C15H27N3O5.C15H27N3O4S/c1-9(2)22-13(20)17-10-6-7-11(12(16)19)18(8-10)14(21)23-15(3,4)5;1-9(2)21-13(19)17-10-6-7-11(12(16)23)18(8-10)14(20)22-15(3,4)5/h9-11H,6-8H2,1-5H3,(H2,16,19)(H,17,20);9-11H,6-8H2,1-5H3,(H2,16,23)(H,17,19)/t;10-,11+/m.1/s1. The Bertz CT molecular complexity index is 1010. The maximum absolute atomic E-state index is 12.4. The van der Waals surface area contributed by atoms with Crippen LogP contribution in [0.5, 0.6) is 0 Å². The number of nitrogens with one attached hydrogen (secondary N) is 2. The van der Waals surface area contributed by atoms with E-state index < -0.39 is 47.5 Å². The number of nitrogens with zero attached hydrogens (tertiary/aromatic N) is 2. The maximum Gasteiger partial charge on any atom is 0.411 e. The number of rotatable bonds is 6. The van der Waals surface area contributed by atoms with E-state index in [4.69, 9.17) is 42.6 Å². The number of nitrogens with two attached hydrogens (primary N) is 2. The fourth-order valence-electron chi connectivity index (χ4n) is 4.64. The molecule has 0 saturated carbocycles. The predicted molar refractivity (Wildman–Crippen MR) is 175 cm³/mol. The molecule has 4 atom stereocenters. The second-order valence-electron chi connectivity index (χ2n) is 13.8. The monoisotopic (exact) mass is 674 g/mol. The van der Waals surface area contributed by atoms with Gasteiger partial charge in [-0.25, -0.2) is 19.2 Å². The van der Waals surface area contributed by atoms with Crippen LogP contribution < -0.4 is 22.1 Å². The summed E-state index contributed by atoms with van der Waals surface area (Å²) < 4.78 is 20.8. The van der Waals surface area contributed by atoms with Crippen molar-refractivity contribution in [2.45, 2.75) is 142 Å². The molecule has 0 aromatic rings. The number of hydrogen-bond donors (Lipinski definition) is 4. The summed E-state index contributed by atoms with van der Waals surface area (Å²) >= 11 is 5.05. The molecule has 0 aromatic carbocycles. The van der Waals surface area contributed by atoms with Gasteiger partial charge < -0.3 is 41.0 Å². The van der Waals surface area contributed by atoms with Crippen molar-refractivity contribution in [1.82, 2.24) is 20.4 Å². The number of alkyl carbamates (subject to hydrolysis) is 2. The molecule has 2 fully saturated rings. The van der Waals surface area contributed by atoms with Crippen molar-refractivity contribution >= 4 is 47.5 Å². The predicted octanol–water partition coefficient (Wildman–Crippen LogP) is 3.55. The summed E-state index contributed by atoms with van der Waals surface area (Å²) in [6, 6.07) is -1.63. The van der Waals surface area contributed by atoms with E-state index in [1.54, 1.807) is 69.2 Å². The lowest BCUT2D eigenvalue weighted by molar-refractivity contribution is -0.124. The Hall–Kier alpha value is -3.56. The van der Waals surface area contributed by atoms with Gasteiger partial charge in [0, 0.05) is 13.1 Å². The van der Waals surface area contributed by atoms with Crippen LogP contribution in [0, 0.1) is 0 Å². The van der Waals surface area contributed by atoms with E-state index in [0.29, 0.717) is 25.7 Å². The van der Waals surface area contributed by atoms with Crippen molar-refractivity contribution < 1.29 is 42.9 Å². The van der Waals surface area contributed by atoms with Gasteiger partial charge in [-0.1, -0.05) is 12.2 Å². The molecule has 2 aliphatic heterocycles. The van der Waals surface area contributed by atoms with E-state index in [1.165, 1.54) is 9.80 Å². The third-order valence-corrected chi connectivity index (χ3v) is 6.68. The molecule has 5 amide bonds. The molecule has 0 spiro atoms. The number of piperidine rings is 2. The van der Waals surface area contributed by atoms with Crippen LogP contribution in [0.15, 0.2) is 0 Å². The number of carbonyl (C=O) groups is 5. The molecule has 2 heterocycles. The minimum absolute atomic E-state index is 0.149. The first-order chi connectivity index (χ1) is 21.0. The van der Waals surface area contributed by atoms with Gasteiger partial charge in [0.05, 0.1) is 35.3 Å².